The van der Waals surface area contributed by atoms with Crippen LogP contribution in [-0.4, -0.2) is 61.7 Å². The molecule has 3 heterocycles. The molecule has 3 aliphatic rings. The van der Waals surface area contributed by atoms with Crippen LogP contribution in [0.25, 0.3) is 0 Å². The molecule has 10 heteroatoms. The Hall–Kier alpha value is -2.07. The van der Waals surface area contributed by atoms with E-state index in [-0.39, 0.29) is 34.4 Å². The third-order valence-corrected chi connectivity index (χ3v) is 11.7. The monoisotopic (exact) mass is 633 g/mol. The number of benzene rings is 2. The zero-order chi connectivity index (χ0) is 27.7. The molecule has 3 N–H and O–H groups in total. The molecule has 2 aromatic carbocycles. The lowest BCUT2D eigenvalue weighted by molar-refractivity contribution is -0.138. The number of anilines is 2. The molecule has 3 aliphatic heterocycles. The number of hydrogen-bond donors (Lipinski definition) is 3. The number of alkyl halides is 1. The number of unbranched alkanes of at least 4 members (excludes halogenated alkanes) is 3. The maximum absolute atomic E-state index is 14.1. The Morgan fingerprint density at radius 3 is 2.54 bits per heavy atom. The second-order valence-corrected chi connectivity index (χ2v) is 13.7. The summed E-state index contributed by atoms with van der Waals surface area (Å²) in [7, 11) is 0. The largest absolute Gasteiger partial charge is 0.396 e. The molecule has 2 aromatic rings. The molecule has 0 saturated carbocycles. The predicted octanol–water partition coefficient (Wildman–Crippen LogP) is 5.24. The van der Waals surface area contributed by atoms with E-state index < -0.39 is 22.6 Å². The van der Waals surface area contributed by atoms with Gasteiger partial charge in [-0.2, -0.15) is 0 Å². The van der Waals surface area contributed by atoms with Crippen molar-refractivity contribution in [3.63, 3.8) is 0 Å². The summed E-state index contributed by atoms with van der Waals surface area (Å²) in [4.78, 5) is 43.6. The van der Waals surface area contributed by atoms with Crippen LogP contribution in [0.5, 0.6) is 0 Å². The van der Waals surface area contributed by atoms with Crippen LogP contribution >= 0.6 is 39.3 Å². The quantitative estimate of drug-likeness (QED) is 0.245. The third-order valence-electron chi connectivity index (χ3n) is 8.16. The van der Waals surface area contributed by atoms with E-state index in [1.54, 1.807) is 22.7 Å². The Balaban J connectivity index is 1.47. The van der Waals surface area contributed by atoms with Crippen molar-refractivity contribution in [2.24, 2.45) is 11.8 Å². The van der Waals surface area contributed by atoms with Gasteiger partial charge < -0.3 is 20.6 Å². The number of thioether (sulfide) groups is 1. The second-order valence-electron chi connectivity index (χ2n) is 10.6. The van der Waals surface area contributed by atoms with Gasteiger partial charge in [0.05, 0.1) is 27.3 Å². The molecule has 3 unspecified atom stereocenters. The van der Waals surface area contributed by atoms with Crippen LogP contribution in [-0.2, 0) is 14.4 Å². The van der Waals surface area contributed by atoms with Crippen molar-refractivity contribution in [1.82, 2.24) is 4.90 Å². The number of likely N-dealkylation sites (tertiary alicyclic amines) is 1. The molecule has 208 valence electrons. The van der Waals surface area contributed by atoms with E-state index in [0.29, 0.717) is 35.8 Å². The molecule has 5 rings (SSSR count). The van der Waals surface area contributed by atoms with Gasteiger partial charge in [0.15, 0.2) is 0 Å². The Kier molecular flexibility index (Phi) is 8.62. The van der Waals surface area contributed by atoms with E-state index in [1.165, 1.54) is 0 Å². The lowest BCUT2D eigenvalue weighted by Crippen LogP contribution is -2.52. The average molecular weight is 635 g/mol. The van der Waals surface area contributed by atoms with Crippen molar-refractivity contribution < 1.29 is 19.5 Å². The molecular formula is C29H33BrClN3O4S. The minimum atomic E-state index is -0.729. The number of aryl methyl sites for hydroxylation is 1. The average Bonchev–Trinajstić information content (AvgIpc) is 3.50. The molecule has 3 amide bonds. The number of carbonyl (C=O) groups excluding carboxylic acids is 3. The zero-order valence-electron chi connectivity index (χ0n) is 21.7. The first kappa shape index (κ1) is 28.5. The Morgan fingerprint density at radius 2 is 1.82 bits per heavy atom. The van der Waals surface area contributed by atoms with Crippen LogP contribution in [0.2, 0.25) is 5.02 Å². The first-order chi connectivity index (χ1) is 18.8. The van der Waals surface area contributed by atoms with Gasteiger partial charge >= 0.3 is 0 Å². The molecule has 2 bridgehead atoms. The minimum absolute atomic E-state index is 0.0000677. The molecule has 0 aromatic heterocycles. The number of halogens is 2. The van der Waals surface area contributed by atoms with Crippen molar-refractivity contribution in [1.29, 1.82) is 0 Å². The van der Waals surface area contributed by atoms with Crippen LogP contribution < -0.4 is 10.6 Å². The molecule has 7 nitrogen and oxygen atoms in total. The van der Waals surface area contributed by atoms with E-state index in [9.17, 15) is 14.4 Å². The Bertz CT molecular complexity index is 1230. The third kappa shape index (κ3) is 5.23. The van der Waals surface area contributed by atoms with Gasteiger partial charge in [-0.15, -0.1) is 11.8 Å². The number of nitrogens with zero attached hydrogens (tertiary/aromatic N) is 1. The first-order valence-electron chi connectivity index (χ1n) is 13.4. The summed E-state index contributed by atoms with van der Waals surface area (Å²) in [6.45, 7) is 2.45. The molecule has 0 aliphatic carbocycles. The highest BCUT2D eigenvalue weighted by molar-refractivity contribution is 9.09. The van der Waals surface area contributed by atoms with Crippen LogP contribution in [0.15, 0.2) is 48.5 Å². The van der Waals surface area contributed by atoms with Crippen molar-refractivity contribution in [2.45, 2.75) is 59.9 Å². The molecule has 0 radical (unpaired) electrons. The summed E-state index contributed by atoms with van der Waals surface area (Å²) < 4.78 is -0.723. The van der Waals surface area contributed by atoms with Gasteiger partial charge in [-0.1, -0.05) is 70.7 Å². The van der Waals surface area contributed by atoms with Crippen LogP contribution in [0.4, 0.5) is 11.4 Å². The predicted molar refractivity (Wildman–Crippen MR) is 159 cm³/mol. The number of aliphatic hydroxyl groups is 1. The highest BCUT2D eigenvalue weighted by Gasteiger charge is 2.75. The summed E-state index contributed by atoms with van der Waals surface area (Å²) in [5, 5.41) is 15.5. The molecule has 3 fully saturated rings. The maximum atomic E-state index is 14.1. The summed E-state index contributed by atoms with van der Waals surface area (Å²) in [6.07, 6.45) is 3.74. The SMILES string of the molecule is Cc1cccc(Cl)c1NC(=O)C1N(CCCCCCO)C(=O)[C@@H]2[C@H](C(=O)Nc3ccccc3)[C@H]3SC12CC3Br. The normalized spacial score (nSPS) is 29.0. The molecular weight excluding hydrogens is 602 g/mol. The van der Waals surface area contributed by atoms with E-state index >= 15 is 0 Å². The highest BCUT2D eigenvalue weighted by atomic mass is 79.9. The second kappa shape index (κ2) is 11.8. The van der Waals surface area contributed by atoms with Crippen LogP contribution in [0, 0.1) is 18.8 Å². The molecule has 39 heavy (non-hydrogen) atoms. The van der Waals surface area contributed by atoms with Crippen molar-refractivity contribution in [2.75, 3.05) is 23.8 Å². The highest BCUT2D eigenvalue weighted by Crippen LogP contribution is 2.67. The number of carbonyl (C=O) groups is 3. The number of aliphatic hydroxyl groups excluding tert-OH is 1. The van der Waals surface area contributed by atoms with Gasteiger partial charge in [0, 0.05) is 28.9 Å². The van der Waals surface area contributed by atoms with Crippen LogP contribution in [0.3, 0.4) is 0 Å². The van der Waals surface area contributed by atoms with E-state index in [2.05, 4.69) is 26.6 Å². The number of amides is 3. The van der Waals surface area contributed by atoms with Gasteiger partial charge in [-0.05, 0) is 49.9 Å². The number of fused-ring (bicyclic) bond motifs is 1. The smallest absolute Gasteiger partial charge is 0.248 e. The standard InChI is InChI=1S/C29H33BrClN3O4S/c1-17-10-9-13-20(31)23(17)33-27(37)25-29-16-19(30)24(39-29)21(26(36)32-18-11-5-4-6-12-18)22(29)28(38)34(25)14-7-2-3-8-15-35/h4-6,9-13,19,21-22,24-25,35H,2-3,7-8,14-16H2,1H3,(H,32,36)(H,33,37)/t19?,21-,22-,24-,25?,29?/m0/s1. The molecule has 3 saturated heterocycles. The zero-order valence-corrected chi connectivity index (χ0v) is 24.9. The summed E-state index contributed by atoms with van der Waals surface area (Å²) in [6, 6.07) is 14.0. The number of nitrogens with one attached hydrogen (secondary N) is 2. The first-order valence-corrected chi connectivity index (χ1v) is 15.6. The van der Waals surface area contributed by atoms with E-state index in [4.69, 9.17) is 16.7 Å². The summed E-state index contributed by atoms with van der Waals surface area (Å²) >= 11 is 11.9. The van der Waals surface area contributed by atoms with E-state index in [1.807, 2.05) is 49.4 Å². The van der Waals surface area contributed by atoms with Crippen molar-refractivity contribution >= 4 is 68.4 Å². The molecule has 6 atom stereocenters. The summed E-state index contributed by atoms with van der Waals surface area (Å²) in [5.74, 6) is -1.73. The van der Waals surface area contributed by atoms with Gasteiger partial charge in [0.25, 0.3) is 0 Å². The maximum Gasteiger partial charge on any atom is 0.248 e. The van der Waals surface area contributed by atoms with Gasteiger partial charge in [-0.3, -0.25) is 14.4 Å². The van der Waals surface area contributed by atoms with E-state index in [0.717, 1.165) is 24.8 Å². The van der Waals surface area contributed by atoms with Gasteiger partial charge in [-0.25, -0.2) is 0 Å². The Labute approximate surface area is 246 Å². The lowest BCUT2D eigenvalue weighted by Gasteiger charge is -2.35. The number of para-hydroxylation sites is 2. The summed E-state index contributed by atoms with van der Waals surface area (Å²) in [5.41, 5.74) is 2.07. The fourth-order valence-electron chi connectivity index (χ4n) is 6.45. The van der Waals surface area contributed by atoms with Crippen molar-refractivity contribution in [3.05, 3.63) is 59.1 Å². The van der Waals surface area contributed by atoms with Crippen LogP contribution in [0.1, 0.15) is 37.7 Å². The van der Waals surface area contributed by atoms with Crippen molar-refractivity contribution in [3.8, 4) is 0 Å². The van der Waals surface area contributed by atoms with Gasteiger partial charge in [0.2, 0.25) is 17.7 Å². The van der Waals surface area contributed by atoms with Gasteiger partial charge in [0.1, 0.15) is 6.04 Å². The fourth-order valence-corrected chi connectivity index (χ4v) is 10.3. The fraction of sp³-hybridized carbons (Fsp3) is 0.483. The number of hydrogen-bond acceptors (Lipinski definition) is 5. The molecule has 1 spiro atoms. The Morgan fingerprint density at radius 1 is 1.08 bits per heavy atom. The lowest BCUT2D eigenvalue weighted by atomic mass is 9.70. The number of rotatable bonds is 10. The minimum Gasteiger partial charge on any atom is -0.396 e. The topological polar surface area (TPSA) is 98.7 Å².